The summed E-state index contributed by atoms with van der Waals surface area (Å²) in [5.41, 5.74) is -0.297. The molecule has 9 heteroatoms. The lowest BCUT2D eigenvalue weighted by Gasteiger charge is -2.08. The zero-order chi connectivity index (χ0) is 15.6. The summed E-state index contributed by atoms with van der Waals surface area (Å²) >= 11 is 4.60. The molecule has 0 amide bonds. The van der Waals surface area contributed by atoms with E-state index >= 15 is 0 Å². The van der Waals surface area contributed by atoms with Gasteiger partial charge in [0.05, 0.1) is 5.56 Å². The highest BCUT2D eigenvalue weighted by Gasteiger charge is 2.21. The Morgan fingerprint density at radius 1 is 1.38 bits per heavy atom. The Balaban J connectivity index is 2.29. The van der Waals surface area contributed by atoms with Crippen molar-refractivity contribution < 1.29 is 22.7 Å². The minimum absolute atomic E-state index is 0.0165. The van der Waals surface area contributed by atoms with Crippen LogP contribution in [-0.2, 0) is 16.6 Å². The zero-order valence-corrected chi connectivity index (χ0v) is 13.6. The Morgan fingerprint density at radius 2 is 2.10 bits per heavy atom. The topological polar surface area (TPSA) is 83.5 Å². The van der Waals surface area contributed by atoms with Crippen molar-refractivity contribution in [1.82, 2.24) is 4.72 Å². The molecule has 0 saturated heterocycles. The predicted octanol–water partition coefficient (Wildman–Crippen LogP) is 2.83. The Morgan fingerprint density at radius 3 is 2.67 bits per heavy atom. The van der Waals surface area contributed by atoms with Gasteiger partial charge in [-0.2, -0.15) is 0 Å². The van der Waals surface area contributed by atoms with Crippen LogP contribution in [0.2, 0.25) is 0 Å². The molecule has 1 aromatic heterocycles. The third-order valence-corrected chi connectivity index (χ3v) is 5.92. The van der Waals surface area contributed by atoms with Crippen LogP contribution in [0.3, 0.4) is 0 Å². The molecule has 112 valence electrons. The number of hydrogen-bond acceptors (Lipinski definition) is 4. The molecule has 2 N–H and O–H groups in total. The number of sulfonamides is 1. The van der Waals surface area contributed by atoms with Crippen LogP contribution in [0, 0.1) is 5.82 Å². The first-order chi connectivity index (χ1) is 9.81. The molecule has 2 rings (SSSR count). The standard InChI is InChI=1S/C12H9BrFNO4S2/c13-8-3-4-20-10(8)6-15-21(18,19)11-5-7(12(16)17)1-2-9(11)14/h1-5,15H,6H2,(H,16,17). The van der Waals surface area contributed by atoms with Crippen molar-refractivity contribution in [2.24, 2.45) is 0 Å². The second-order valence-corrected chi connectivity index (χ2v) is 7.56. The number of carbonyl (C=O) groups is 1. The van der Waals surface area contributed by atoms with Gasteiger partial charge < -0.3 is 5.11 Å². The van der Waals surface area contributed by atoms with E-state index in [4.69, 9.17) is 5.11 Å². The van der Waals surface area contributed by atoms with Crippen LogP contribution in [0.15, 0.2) is 39.0 Å². The van der Waals surface area contributed by atoms with E-state index in [2.05, 4.69) is 20.7 Å². The number of hydrogen-bond donors (Lipinski definition) is 2. The molecule has 21 heavy (non-hydrogen) atoms. The second-order valence-electron chi connectivity index (χ2n) is 3.97. The van der Waals surface area contributed by atoms with E-state index < -0.39 is 26.7 Å². The van der Waals surface area contributed by atoms with Gasteiger partial charge in [0, 0.05) is 15.9 Å². The number of carboxylic acids is 1. The SMILES string of the molecule is O=C(O)c1ccc(F)c(S(=O)(=O)NCc2sccc2Br)c1. The minimum Gasteiger partial charge on any atom is -0.478 e. The normalized spacial score (nSPS) is 11.5. The summed E-state index contributed by atoms with van der Waals surface area (Å²) in [5, 5.41) is 10.6. The molecule has 0 aliphatic heterocycles. The van der Waals surface area contributed by atoms with Gasteiger partial charge in [-0.05, 0) is 45.6 Å². The molecule has 0 radical (unpaired) electrons. The molecule has 5 nitrogen and oxygen atoms in total. The summed E-state index contributed by atoms with van der Waals surface area (Å²) in [6.07, 6.45) is 0. The molecular weight excluding hydrogens is 385 g/mol. The highest BCUT2D eigenvalue weighted by Crippen LogP contribution is 2.23. The first-order valence-electron chi connectivity index (χ1n) is 5.55. The Kier molecular flexibility index (Phi) is 4.77. The van der Waals surface area contributed by atoms with E-state index in [-0.39, 0.29) is 12.1 Å². The lowest BCUT2D eigenvalue weighted by atomic mass is 10.2. The van der Waals surface area contributed by atoms with Gasteiger partial charge in [0.2, 0.25) is 10.0 Å². The Hall–Kier alpha value is -1.29. The lowest BCUT2D eigenvalue weighted by Crippen LogP contribution is -2.24. The number of nitrogens with one attached hydrogen (secondary N) is 1. The van der Waals surface area contributed by atoms with E-state index in [9.17, 15) is 17.6 Å². The first-order valence-corrected chi connectivity index (χ1v) is 8.71. The molecule has 0 fully saturated rings. The Bertz CT molecular complexity index is 788. The predicted molar refractivity (Wildman–Crippen MR) is 79.4 cm³/mol. The van der Waals surface area contributed by atoms with Gasteiger partial charge >= 0.3 is 5.97 Å². The average Bonchev–Trinajstić information content (AvgIpc) is 2.82. The van der Waals surface area contributed by atoms with Gasteiger partial charge in [-0.25, -0.2) is 22.3 Å². The monoisotopic (exact) mass is 393 g/mol. The third kappa shape index (κ3) is 3.67. The average molecular weight is 394 g/mol. The van der Waals surface area contributed by atoms with Crippen LogP contribution < -0.4 is 4.72 Å². The first kappa shape index (κ1) is 16.1. The van der Waals surface area contributed by atoms with E-state index in [1.54, 1.807) is 11.4 Å². The van der Waals surface area contributed by atoms with Crippen LogP contribution in [0.5, 0.6) is 0 Å². The smallest absolute Gasteiger partial charge is 0.335 e. The molecule has 1 aromatic carbocycles. The van der Waals surface area contributed by atoms with Crippen LogP contribution >= 0.6 is 27.3 Å². The number of carboxylic acid groups (broad SMARTS) is 1. The largest absolute Gasteiger partial charge is 0.478 e. The fourth-order valence-corrected chi connectivity index (χ4v) is 4.15. The molecule has 2 aromatic rings. The van der Waals surface area contributed by atoms with Crippen molar-refractivity contribution >= 4 is 43.3 Å². The maximum absolute atomic E-state index is 13.7. The number of benzene rings is 1. The number of rotatable bonds is 5. The molecular formula is C12H9BrFNO4S2. The van der Waals surface area contributed by atoms with Crippen molar-refractivity contribution in [2.75, 3.05) is 0 Å². The van der Waals surface area contributed by atoms with Crippen LogP contribution in [0.4, 0.5) is 4.39 Å². The molecule has 0 bridgehead atoms. The van der Waals surface area contributed by atoms with Crippen molar-refractivity contribution in [1.29, 1.82) is 0 Å². The van der Waals surface area contributed by atoms with E-state index in [0.717, 1.165) is 27.5 Å². The van der Waals surface area contributed by atoms with E-state index in [1.165, 1.54) is 11.3 Å². The van der Waals surface area contributed by atoms with Gasteiger partial charge in [-0.1, -0.05) is 0 Å². The van der Waals surface area contributed by atoms with Crippen molar-refractivity contribution in [3.63, 3.8) is 0 Å². The molecule has 0 aliphatic carbocycles. The summed E-state index contributed by atoms with van der Waals surface area (Å²) < 4.78 is 40.8. The number of thiophene rings is 1. The van der Waals surface area contributed by atoms with Crippen molar-refractivity contribution in [3.05, 3.63) is 50.4 Å². The maximum Gasteiger partial charge on any atom is 0.335 e. The summed E-state index contributed by atoms with van der Waals surface area (Å²) in [4.78, 5) is 10.9. The molecule has 0 saturated carbocycles. The lowest BCUT2D eigenvalue weighted by molar-refractivity contribution is 0.0696. The third-order valence-electron chi connectivity index (χ3n) is 2.58. The molecule has 0 unspecified atom stereocenters. The molecule has 0 aliphatic rings. The van der Waals surface area contributed by atoms with Crippen molar-refractivity contribution in [3.8, 4) is 0 Å². The maximum atomic E-state index is 13.7. The zero-order valence-electron chi connectivity index (χ0n) is 10.3. The quantitative estimate of drug-likeness (QED) is 0.817. The summed E-state index contributed by atoms with van der Waals surface area (Å²) in [6, 6.07) is 4.38. The van der Waals surface area contributed by atoms with Gasteiger partial charge in [-0.15, -0.1) is 11.3 Å². The number of halogens is 2. The van der Waals surface area contributed by atoms with Crippen molar-refractivity contribution in [2.45, 2.75) is 11.4 Å². The van der Waals surface area contributed by atoms with Crippen LogP contribution in [0.1, 0.15) is 15.2 Å². The molecule has 1 heterocycles. The van der Waals surface area contributed by atoms with Gasteiger partial charge in [0.25, 0.3) is 0 Å². The fourth-order valence-electron chi connectivity index (χ4n) is 1.53. The summed E-state index contributed by atoms with van der Waals surface area (Å²) in [6.45, 7) is -0.0165. The molecule has 0 atom stereocenters. The second kappa shape index (κ2) is 6.22. The van der Waals surface area contributed by atoms with Gasteiger partial charge in [-0.3, -0.25) is 0 Å². The van der Waals surface area contributed by atoms with E-state index in [0.29, 0.717) is 0 Å². The number of aromatic carboxylic acids is 1. The van der Waals surface area contributed by atoms with Crippen LogP contribution in [0.25, 0.3) is 0 Å². The van der Waals surface area contributed by atoms with E-state index in [1.807, 2.05) is 0 Å². The molecule has 0 spiro atoms. The Labute approximate surface area is 132 Å². The summed E-state index contributed by atoms with van der Waals surface area (Å²) in [5.74, 6) is -2.33. The summed E-state index contributed by atoms with van der Waals surface area (Å²) in [7, 11) is -4.14. The highest BCUT2D eigenvalue weighted by atomic mass is 79.9. The van der Waals surface area contributed by atoms with Gasteiger partial charge in [0.1, 0.15) is 10.7 Å². The highest BCUT2D eigenvalue weighted by molar-refractivity contribution is 9.10. The van der Waals surface area contributed by atoms with Crippen LogP contribution in [-0.4, -0.2) is 19.5 Å². The van der Waals surface area contributed by atoms with Gasteiger partial charge in [0.15, 0.2) is 0 Å². The minimum atomic E-state index is -4.14. The fraction of sp³-hybridized carbons (Fsp3) is 0.0833.